The summed E-state index contributed by atoms with van der Waals surface area (Å²) < 4.78 is 28.1. The Kier molecular flexibility index (Phi) is 4.78. The maximum absolute atomic E-state index is 13.3. The van der Waals surface area contributed by atoms with E-state index >= 15 is 0 Å². The van der Waals surface area contributed by atoms with E-state index in [2.05, 4.69) is 25.6 Å². The minimum Gasteiger partial charge on any atom is -0.366 e. The zero-order chi connectivity index (χ0) is 22.2. The summed E-state index contributed by atoms with van der Waals surface area (Å²) in [5, 5.41) is 15.3. The molecule has 160 valence electrons. The number of fused-ring (bicyclic) bond motifs is 1. The van der Waals surface area contributed by atoms with E-state index in [1.54, 1.807) is 41.3 Å². The molecule has 2 aromatic carbocycles. The van der Waals surface area contributed by atoms with Crippen molar-refractivity contribution >= 4 is 22.8 Å². The summed E-state index contributed by atoms with van der Waals surface area (Å²) in [5.74, 6) is -0.561. The van der Waals surface area contributed by atoms with E-state index in [4.69, 9.17) is 0 Å². The molecule has 1 amide bonds. The monoisotopic (exact) mass is 432 g/mol. The number of hydrogen-bond donors (Lipinski definition) is 3. The van der Waals surface area contributed by atoms with E-state index in [-0.39, 0.29) is 17.5 Å². The van der Waals surface area contributed by atoms with Crippen molar-refractivity contribution < 1.29 is 13.6 Å². The molecule has 0 spiro atoms. The number of carbonyl (C=O) groups excluding carboxylic acids is 1. The SMILES string of the molecule is Cc1nn(Cc2ccc(F)cc2)c2n[nH]c(NC(=O)c3c[nH]cc3-c3ccc(F)cc3)c12. The highest BCUT2D eigenvalue weighted by Gasteiger charge is 2.20. The first-order chi connectivity index (χ1) is 15.5. The lowest BCUT2D eigenvalue weighted by Gasteiger charge is -2.05. The first-order valence-electron chi connectivity index (χ1n) is 9.89. The van der Waals surface area contributed by atoms with Gasteiger partial charge in [-0.25, -0.2) is 13.5 Å². The third-order valence-corrected chi connectivity index (χ3v) is 5.25. The minimum atomic E-state index is -0.346. The molecule has 5 rings (SSSR count). The van der Waals surface area contributed by atoms with Crippen molar-refractivity contribution in [2.45, 2.75) is 13.5 Å². The molecule has 0 bridgehead atoms. The zero-order valence-electron chi connectivity index (χ0n) is 17.0. The molecule has 0 saturated heterocycles. The first-order valence-corrected chi connectivity index (χ1v) is 9.89. The van der Waals surface area contributed by atoms with Gasteiger partial charge in [-0.15, -0.1) is 0 Å². The standard InChI is InChI=1S/C23H18F2N6O/c1-13-20-21(28-29-22(20)31(30-13)12-14-2-6-16(24)7-3-14)27-23(32)19-11-26-10-18(19)15-4-8-17(25)9-5-15/h2-11,26H,12H2,1H3,(H2,27,28,29,32). The zero-order valence-corrected chi connectivity index (χ0v) is 17.0. The van der Waals surface area contributed by atoms with Gasteiger partial charge in [0.2, 0.25) is 0 Å². The van der Waals surface area contributed by atoms with Crippen molar-refractivity contribution in [1.29, 1.82) is 0 Å². The van der Waals surface area contributed by atoms with Gasteiger partial charge in [-0.3, -0.25) is 9.89 Å². The van der Waals surface area contributed by atoms with Gasteiger partial charge >= 0.3 is 0 Å². The summed E-state index contributed by atoms with van der Waals surface area (Å²) in [6.45, 7) is 2.24. The van der Waals surface area contributed by atoms with Gasteiger partial charge in [0.1, 0.15) is 17.5 Å². The van der Waals surface area contributed by atoms with Crippen molar-refractivity contribution in [3.63, 3.8) is 0 Å². The number of halogens is 2. The molecular formula is C23H18F2N6O. The Morgan fingerprint density at radius 2 is 1.72 bits per heavy atom. The number of aryl methyl sites for hydroxylation is 1. The lowest BCUT2D eigenvalue weighted by Crippen LogP contribution is -2.12. The van der Waals surface area contributed by atoms with Crippen molar-refractivity contribution in [3.05, 3.63) is 89.4 Å². The number of anilines is 1. The van der Waals surface area contributed by atoms with Crippen LogP contribution in [-0.2, 0) is 6.54 Å². The van der Waals surface area contributed by atoms with Gasteiger partial charge in [-0.05, 0) is 42.3 Å². The third kappa shape index (κ3) is 3.53. The number of hydrogen-bond acceptors (Lipinski definition) is 3. The minimum absolute atomic E-state index is 0.301. The van der Waals surface area contributed by atoms with E-state index in [0.29, 0.717) is 40.2 Å². The molecule has 0 unspecified atom stereocenters. The van der Waals surface area contributed by atoms with Gasteiger partial charge in [0.05, 0.1) is 23.2 Å². The van der Waals surface area contributed by atoms with Crippen LogP contribution in [0.4, 0.5) is 14.6 Å². The highest BCUT2D eigenvalue weighted by molar-refractivity contribution is 6.11. The highest BCUT2D eigenvalue weighted by atomic mass is 19.1. The fourth-order valence-corrected chi connectivity index (χ4v) is 3.70. The Bertz CT molecular complexity index is 1410. The Labute approximate surface area is 181 Å². The van der Waals surface area contributed by atoms with Gasteiger partial charge in [0.25, 0.3) is 5.91 Å². The number of rotatable bonds is 5. The van der Waals surface area contributed by atoms with Crippen molar-refractivity contribution in [1.82, 2.24) is 25.0 Å². The van der Waals surface area contributed by atoms with Crippen LogP contribution in [0.15, 0.2) is 60.9 Å². The summed E-state index contributed by atoms with van der Waals surface area (Å²) in [7, 11) is 0. The average molecular weight is 432 g/mol. The molecule has 0 fully saturated rings. The molecule has 9 heteroatoms. The van der Waals surface area contributed by atoms with Crippen LogP contribution in [0.1, 0.15) is 21.6 Å². The van der Waals surface area contributed by atoms with Crippen LogP contribution in [0.25, 0.3) is 22.2 Å². The lowest BCUT2D eigenvalue weighted by atomic mass is 10.0. The molecule has 0 saturated carbocycles. The largest absolute Gasteiger partial charge is 0.366 e. The van der Waals surface area contributed by atoms with Crippen molar-refractivity contribution in [3.8, 4) is 11.1 Å². The second kappa shape index (κ2) is 7.77. The van der Waals surface area contributed by atoms with Gasteiger partial charge < -0.3 is 10.3 Å². The van der Waals surface area contributed by atoms with Crippen LogP contribution in [0.3, 0.4) is 0 Å². The predicted molar refractivity (Wildman–Crippen MR) is 116 cm³/mol. The second-order valence-corrected chi connectivity index (χ2v) is 7.41. The molecule has 3 heterocycles. The molecule has 7 nitrogen and oxygen atoms in total. The number of aromatic nitrogens is 5. The van der Waals surface area contributed by atoms with Crippen LogP contribution in [-0.4, -0.2) is 30.9 Å². The van der Waals surface area contributed by atoms with E-state index in [1.165, 1.54) is 24.3 Å². The molecule has 0 aliphatic heterocycles. The average Bonchev–Trinajstić information content (AvgIpc) is 3.49. The van der Waals surface area contributed by atoms with E-state index < -0.39 is 0 Å². The maximum Gasteiger partial charge on any atom is 0.258 e. The molecule has 0 aliphatic rings. The van der Waals surface area contributed by atoms with Crippen LogP contribution in [0.2, 0.25) is 0 Å². The van der Waals surface area contributed by atoms with Crippen LogP contribution in [0, 0.1) is 18.6 Å². The van der Waals surface area contributed by atoms with Crippen molar-refractivity contribution in [2.75, 3.05) is 5.32 Å². The number of benzene rings is 2. The first kappa shape index (κ1) is 19.7. The normalized spacial score (nSPS) is 11.2. The lowest BCUT2D eigenvalue weighted by molar-refractivity contribution is 0.102. The molecule has 32 heavy (non-hydrogen) atoms. The summed E-state index contributed by atoms with van der Waals surface area (Å²) in [6, 6.07) is 12.1. The fourth-order valence-electron chi connectivity index (χ4n) is 3.70. The molecular weight excluding hydrogens is 414 g/mol. The molecule has 5 aromatic rings. The van der Waals surface area contributed by atoms with Crippen LogP contribution >= 0.6 is 0 Å². The second-order valence-electron chi connectivity index (χ2n) is 7.41. The molecule has 3 N–H and O–H groups in total. The van der Waals surface area contributed by atoms with Crippen molar-refractivity contribution in [2.24, 2.45) is 0 Å². The van der Waals surface area contributed by atoms with Gasteiger partial charge in [-0.2, -0.15) is 10.2 Å². The highest BCUT2D eigenvalue weighted by Crippen LogP contribution is 2.28. The van der Waals surface area contributed by atoms with Crippen LogP contribution in [0.5, 0.6) is 0 Å². The molecule has 3 aromatic heterocycles. The Balaban J connectivity index is 1.42. The number of H-pyrrole nitrogens is 2. The number of aromatic amines is 2. The Morgan fingerprint density at radius 1 is 1.03 bits per heavy atom. The summed E-state index contributed by atoms with van der Waals surface area (Å²) in [5.41, 5.74) is 3.93. The topological polar surface area (TPSA) is 91.4 Å². The summed E-state index contributed by atoms with van der Waals surface area (Å²) >= 11 is 0. The smallest absolute Gasteiger partial charge is 0.258 e. The van der Waals surface area contributed by atoms with Gasteiger partial charge in [-0.1, -0.05) is 24.3 Å². The van der Waals surface area contributed by atoms with Gasteiger partial charge in [0, 0.05) is 18.0 Å². The van der Waals surface area contributed by atoms with E-state index in [0.717, 1.165) is 11.1 Å². The predicted octanol–water partition coefficient (Wildman–Crippen LogP) is 4.64. The Morgan fingerprint density at radius 3 is 2.44 bits per heavy atom. The summed E-state index contributed by atoms with van der Waals surface area (Å²) in [6.07, 6.45) is 3.28. The fraction of sp³-hybridized carbons (Fsp3) is 0.0870. The molecule has 0 atom stereocenters. The number of nitrogens with one attached hydrogen (secondary N) is 3. The molecule has 0 aliphatic carbocycles. The van der Waals surface area contributed by atoms with E-state index in [9.17, 15) is 13.6 Å². The Hall–Kier alpha value is -4.27. The number of nitrogens with zero attached hydrogens (tertiary/aromatic N) is 3. The number of carbonyl (C=O) groups is 1. The summed E-state index contributed by atoms with van der Waals surface area (Å²) in [4.78, 5) is 15.9. The van der Waals surface area contributed by atoms with Gasteiger partial charge in [0.15, 0.2) is 5.65 Å². The maximum atomic E-state index is 13.3. The molecule has 0 radical (unpaired) electrons. The third-order valence-electron chi connectivity index (χ3n) is 5.25. The van der Waals surface area contributed by atoms with E-state index in [1.807, 2.05) is 6.92 Å². The van der Waals surface area contributed by atoms with Crippen LogP contribution < -0.4 is 5.32 Å². The number of amides is 1. The quantitative estimate of drug-likeness (QED) is 0.378.